The highest BCUT2D eigenvalue weighted by atomic mass is 16.4. The molecule has 0 unspecified atom stereocenters. The van der Waals surface area contributed by atoms with E-state index in [0.717, 1.165) is 59.2 Å². The van der Waals surface area contributed by atoms with Gasteiger partial charge in [0.2, 0.25) is 0 Å². The Bertz CT molecular complexity index is 1740. The molecule has 5 aromatic rings. The first-order valence-electron chi connectivity index (χ1n) is 16.6. The Balaban J connectivity index is 1.54. The van der Waals surface area contributed by atoms with E-state index in [1.54, 1.807) is 4.57 Å². The van der Waals surface area contributed by atoms with E-state index < -0.39 is 5.97 Å². The van der Waals surface area contributed by atoms with Gasteiger partial charge in [-0.15, -0.1) is 0 Å². The molecule has 5 rings (SSSR count). The molecule has 0 bridgehead atoms. The molecule has 0 aliphatic carbocycles. The third kappa shape index (κ3) is 7.32. The van der Waals surface area contributed by atoms with Crippen LogP contribution in [0.5, 0.6) is 0 Å². The lowest BCUT2D eigenvalue weighted by molar-refractivity contribution is -0.137. The summed E-state index contributed by atoms with van der Waals surface area (Å²) in [5.74, 6) is 0.303. The van der Waals surface area contributed by atoms with Crippen LogP contribution in [0.25, 0.3) is 10.9 Å². The number of rotatable bonds is 13. The van der Waals surface area contributed by atoms with Crippen LogP contribution in [-0.4, -0.2) is 28.6 Å². The standard InChI is InChI=1S/C41H46N2O3/c1-29(2)25-31-17-21-35(22-18-31)43(5,36-23-19-32(20-24-36)26-30(3)4)37-13-10-12-33(27-37)41(46)42-28-34(11-6-9-16-40(44)45)38-14-7-8-15-39(38)42/h7-8,10,12-15,17-24,27-30H,6,9,11,16,25-26H2,1-5H3/p+1. The van der Waals surface area contributed by atoms with E-state index in [1.165, 1.54) is 11.1 Å². The van der Waals surface area contributed by atoms with Gasteiger partial charge < -0.3 is 5.11 Å². The second kappa shape index (κ2) is 14.3. The lowest BCUT2D eigenvalue weighted by Gasteiger charge is -2.34. The summed E-state index contributed by atoms with van der Waals surface area (Å²) in [7, 11) is 2.21. The fourth-order valence-electron chi connectivity index (χ4n) is 6.52. The molecule has 0 radical (unpaired) electrons. The number of fused-ring (bicyclic) bond motifs is 1. The number of carboxylic acids is 1. The van der Waals surface area contributed by atoms with Crippen molar-refractivity contribution in [1.29, 1.82) is 0 Å². The summed E-state index contributed by atoms with van der Waals surface area (Å²) in [5.41, 5.74) is 8.45. The molecule has 1 aromatic heterocycles. The number of aliphatic carboxylic acids is 1. The van der Waals surface area contributed by atoms with E-state index in [1.807, 2.05) is 48.7 Å². The van der Waals surface area contributed by atoms with Crippen LogP contribution in [0.15, 0.2) is 103 Å². The minimum absolute atomic E-state index is 0.0825. The van der Waals surface area contributed by atoms with Gasteiger partial charge in [-0.3, -0.25) is 14.2 Å². The van der Waals surface area contributed by atoms with Crippen LogP contribution in [0.3, 0.4) is 0 Å². The highest BCUT2D eigenvalue weighted by Gasteiger charge is 2.32. The third-order valence-corrected chi connectivity index (χ3v) is 8.90. The molecule has 0 saturated carbocycles. The number of carboxylic acid groups (broad SMARTS) is 1. The van der Waals surface area contributed by atoms with Gasteiger partial charge in [0.25, 0.3) is 5.91 Å². The van der Waals surface area contributed by atoms with Crippen molar-refractivity contribution in [2.75, 3.05) is 7.05 Å². The number of hydrogen-bond donors (Lipinski definition) is 1. The monoisotopic (exact) mass is 615 g/mol. The summed E-state index contributed by atoms with van der Waals surface area (Å²) in [6, 6.07) is 33.8. The zero-order valence-corrected chi connectivity index (χ0v) is 27.9. The van der Waals surface area contributed by atoms with Crippen molar-refractivity contribution >= 4 is 39.8 Å². The molecular weight excluding hydrogens is 568 g/mol. The van der Waals surface area contributed by atoms with E-state index in [-0.39, 0.29) is 12.3 Å². The first kappa shape index (κ1) is 32.9. The number of quaternary nitrogens is 1. The molecule has 1 N–H and O–H groups in total. The van der Waals surface area contributed by atoms with Crippen molar-refractivity contribution < 1.29 is 14.7 Å². The Labute approximate surface area is 273 Å². The van der Waals surface area contributed by atoms with Gasteiger partial charge in [-0.05, 0) is 72.8 Å². The largest absolute Gasteiger partial charge is 0.481 e. The first-order valence-corrected chi connectivity index (χ1v) is 16.6. The number of carbonyl (C=O) groups is 2. The second-order valence-electron chi connectivity index (χ2n) is 13.5. The van der Waals surface area contributed by atoms with E-state index in [0.29, 0.717) is 28.3 Å². The fraction of sp³-hybridized carbons (Fsp3) is 0.317. The Kier molecular flexibility index (Phi) is 10.2. The number of nitrogens with zero attached hydrogens (tertiary/aromatic N) is 2. The Morgan fingerprint density at radius 3 is 1.87 bits per heavy atom. The molecule has 0 aliphatic heterocycles. The number of aryl methyl sites for hydroxylation is 1. The molecule has 0 atom stereocenters. The van der Waals surface area contributed by atoms with Crippen molar-refractivity contribution in [2.24, 2.45) is 11.8 Å². The molecule has 0 amide bonds. The van der Waals surface area contributed by atoms with Gasteiger partial charge >= 0.3 is 5.97 Å². The zero-order valence-electron chi connectivity index (χ0n) is 27.9. The maximum Gasteiger partial charge on any atom is 0.303 e. The zero-order chi connectivity index (χ0) is 32.8. The molecule has 5 heteroatoms. The fourth-order valence-corrected chi connectivity index (χ4v) is 6.52. The van der Waals surface area contributed by atoms with Gasteiger partial charge in [-0.25, -0.2) is 4.48 Å². The van der Waals surface area contributed by atoms with Gasteiger partial charge in [0.05, 0.1) is 12.6 Å². The number of aromatic nitrogens is 1. The summed E-state index contributed by atoms with van der Waals surface area (Å²) < 4.78 is 2.18. The van der Waals surface area contributed by atoms with Crippen LogP contribution in [0.4, 0.5) is 17.1 Å². The second-order valence-corrected chi connectivity index (χ2v) is 13.5. The molecule has 0 saturated heterocycles. The molecular formula is C41H47N2O3+. The molecule has 0 fully saturated rings. The summed E-state index contributed by atoms with van der Waals surface area (Å²) in [6.45, 7) is 8.97. The minimum atomic E-state index is -0.777. The molecule has 238 valence electrons. The predicted molar refractivity (Wildman–Crippen MR) is 190 cm³/mol. The van der Waals surface area contributed by atoms with E-state index in [4.69, 9.17) is 5.11 Å². The van der Waals surface area contributed by atoms with Crippen molar-refractivity contribution in [3.05, 3.63) is 126 Å². The van der Waals surface area contributed by atoms with Gasteiger partial charge in [0.1, 0.15) is 17.1 Å². The predicted octanol–water partition coefficient (Wildman–Crippen LogP) is 10.1. The summed E-state index contributed by atoms with van der Waals surface area (Å²) in [5, 5.41) is 10.1. The molecule has 46 heavy (non-hydrogen) atoms. The molecule has 1 heterocycles. The maximum atomic E-state index is 14.2. The average Bonchev–Trinajstić information content (AvgIpc) is 3.41. The number of carbonyl (C=O) groups excluding carboxylic acids is 1. The number of para-hydroxylation sites is 1. The van der Waals surface area contributed by atoms with Crippen LogP contribution in [0, 0.1) is 11.8 Å². The number of hydrogen-bond acceptors (Lipinski definition) is 2. The third-order valence-electron chi connectivity index (χ3n) is 8.90. The highest BCUT2D eigenvalue weighted by molar-refractivity contribution is 6.03. The molecule has 4 aromatic carbocycles. The topological polar surface area (TPSA) is 59.3 Å². The van der Waals surface area contributed by atoms with Crippen molar-refractivity contribution in [3.63, 3.8) is 0 Å². The lowest BCUT2D eigenvalue weighted by atomic mass is 10.0. The van der Waals surface area contributed by atoms with Crippen LogP contribution in [0.2, 0.25) is 0 Å². The van der Waals surface area contributed by atoms with E-state index in [9.17, 15) is 9.59 Å². The maximum absolute atomic E-state index is 14.2. The van der Waals surface area contributed by atoms with Crippen LogP contribution >= 0.6 is 0 Å². The van der Waals surface area contributed by atoms with Crippen molar-refractivity contribution in [1.82, 2.24) is 9.05 Å². The summed E-state index contributed by atoms with van der Waals surface area (Å²) >= 11 is 0. The van der Waals surface area contributed by atoms with Crippen LogP contribution < -0.4 is 4.48 Å². The van der Waals surface area contributed by atoms with E-state index >= 15 is 0 Å². The minimum Gasteiger partial charge on any atom is -0.481 e. The SMILES string of the molecule is CC(C)Cc1ccc([N+](C)(c2ccc(CC(C)C)cc2)c2cccc(C(=O)n3cc(CCCCC(=O)O)c4ccccc43)c2)cc1. The Hall–Kier alpha value is -4.48. The van der Waals surface area contributed by atoms with Crippen LogP contribution in [0.1, 0.15) is 74.0 Å². The van der Waals surface area contributed by atoms with Gasteiger partial charge in [0, 0.05) is 60.0 Å². The van der Waals surface area contributed by atoms with Gasteiger partial charge in [-0.2, -0.15) is 0 Å². The molecule has 0 spiro atoms. The van der Waals surface area contributed by atoms with Gasteiger partial charge in [0.15, 0.2) is 0 Å². The Morgan fingerprint density at radius 1 is 0.717 bits per heavy atom. The lowest BCUT2D eigenvalue weighted by Crippen LogP contribution is -2.34. The Morgan fingerprint density at radius 2 is 1.30 bits per heavy atom. The molecule has 5 nitrogen and oxygen atoms in total. The quantitative estimate of drug-likeness (QED) is 0.106. The van der Waals surface area contributed by atoms with E-state index in [2.05, 4.69) is 89.3 Å². The number of unbranched alkanes of at least 4 members (excludes halogenated alkanes) is 1. The summed E-state index contributed by atoms with van der Waals surface area (Å²) in [4.78, 5) is 25.2. The average molecular weight is 616 g/mol. The normalized spacial score (nSPS) is 11.9. The van der Waals surface area contributed by atoms with Gasteiger partial charge in [-0.1, -0.05) is 76.2 Å². The summed E-state index contributed by atoms with van der Waals surface area (Å²) in [6.07, 6.45) is 6.25. The first-order chi connectivity index (χ1) is 22.1. The number of benzene rings is 4. The van der Waals surface area contributed by atoms with Crippen molar-refractivity contribution in [3.8, 4) is 0 Å². The smallest absolute Gasteiger partial charge is 0.303 e. The van der Waals surface area contributed by atoms with Crippen LogP contribution in [-0.2, 0) is 24.1 Å². The molecule has 0 aliphatic rings. The highest BCUT2D eigenvalue weighted by Crippen LogP contribution is 2.42. The van der Waals surface area contributed by atoms with Crippen molar-refractivity contribution in [2.45, 2.75) is 66.2 Å².